The molecule has 0 aliphatic heterocycles. The summed E-state index contributed by atoms with van der Waals surface area (Å²) < 4.78 is 0. The number of unbranched alkanes of at least 4 members (excludes halogenated alkanes) is 1. The lowest BCUT2D eigenvalue weighted by Crippen LogP contribution is -1.97. The minimum absolute atomic E-state index is 0.112. The highest BCUT2D eigenvalue weighted by Gasteiger charge is 1.94. The largest absolute Gasteiger partial charge is 0.411 e. The monoisotopic (exact) mass is 129 g/mol. The van der Waals surface area contributed by atoms with Crippen molar-refractivity contribution < 1.29 is 10.0 Å². The molecule has 3 nitrogen and oxygen atoms in total. The van der Waals surface area contributed by atoms with Crippen LogP contribution in [0.15, 0.2) is 5.16 Å². The zero-order valence-electron chi connectivity index (χ0n) is 5.50. The summed E-state index contributed by atoms with van der Waals surface area (Å²) in [5.41, 5.74) is 0. The predicted octanol–water partition coefficient (Wildman–Crippen LogP) is 1.21. The molecule has 0 bridgehead atoms. The fraction of sp³-hybridized carbons (Fsp3) is 0.667. The zero-order valence-corrected chi connectivity index (χ0v) is 5.50. The van der Waals surface area contributed by atoms with E-state index in [9.17, 15) is 4.79 Å². The van der Waals surface area contributed by atoms with Gasteiger partial charge in [-0.25, -0.2) is 0 Å². The molecule has 0 aromatic rings. The standard InChI is InChI=1S/C6H11NO2/c1-2-3-4-6(8)5-7-9/h5,9H,2-4H2,1H3. The van der Waals surface area contributed by atoms with Crippen molar-refractivity contribution in [2.45, 2.75) is 26.2 Å². The highest BCUT2D eigenvalue weighted by atomic mass is 16.4. The topological polar surface area (TPSA) is 49.7 Å². The van der Waals surface area contributed by atoms with Crippen molar-refractivity contribution in [1.29, 1.82) is 0 Å². The number of oxime groups is 1. The maximum Gasteiger partial charge on any atom is 0.177 e. The minimum atomic E-state index is -0.112. The number of carbonyl (C=O) groups excluding carboxylic acids is 1. The summed E-state index contributed by atoms with van der Waals surface area (Å²) in [7, 11) is 0. The number of nitrogens with zero attached hydrogens (tertiary/aromatic N) is 1. The van der Waals surface area contributed by atoms with Crippen molar-refractivity contribution in [3.63, 3.8) is 0 Å². The predicted molar refractivity (Wildman–Crippen MR) is 34.8 cm³/mol. The van der Waals surface area contributed by atoms with E-state index in [0.717, 1.165) is 19.1 Å². The summed E-state index contributed by atoms with van der Waals surface area (Å²) in [6.45, 7) is 2.00. The number of carbonyl (C=O) groups is 1. The van der Waals surface area contributed by atoms with Crippen LogP contribution in [0.1, 0.15) is 26.2 Å². The van der Waals surface area contributed by atoms with E-state index in [2.05, 4.69) is 5.16 Å². The zero-order chi connectivity index (χ0) is 7.11. The summed E-state index contributed by atoms with van der Waals surface area (Å²) in [6, 6.07) is 0. The maximum absolute atomic E-state index is 10.5. The molecule has 0 radical (unpaired) electrons. The van der Waals surface area contributed by atoms with Crippen LogP contribution in [0.2, 0.25) is 0 Å². The molecule has 9 heavy (non-hydrogen) atoms. The summed E-state index contributed by atoms with van der Waals surface area (Å²) >= 11 is 0. The number of hydrogen-bond acceptors (Lipinski definition) is 3. The first-order valence-corrected chi connectivity index (χ1v) is 3.01. The van der Waals surface area contributed by atoms with Crippen LogP contribution in [0.3, 0.4) is 0 Å². The lowest BCUT2D eigenvalue weighted by atomic mass is 10.2. The smallest absolute Gasteiger partial charge is 0.177 e. The Morgan fingerprint density at radius 3 is 2.89 bits per heavy atom. The fourth-order valence-corrected chi connectivity index (χ4v) is 0.480. The van der Waals surface area contributed by atoms with Crippen LogP contribution in [0.25, 0.3) is 0 Å². The van der Waals surface area contributed by atoms with Crippen molar-refractivity contribution in [2.75, 3.05) is 0 Å². The molecule has 0 fully saturated rings. The number of Topliss-reactive ketones (excluding diaryl/α,β-unsaturated/α-hetero) is 1. The Hall–Kier alpha value is -0.860. The van der Waals surface area contributed by atoms with Gasteiger partial charge in [-0.2, -0.15) is 0 Å². The normalized spacial score (nSPS) is 10.3. The molecular formula is C6H11NO2. The molecule has 0 aliphatic carbocycles. The van der Waals surface area contributed by atoms with E-state index in [1.807, 2.05) is 6.92 Å². The molecule has 0 atom stereocenters. The van der Waals surface area contributed by atoms with Crippen LogP contribution in [-0.4, -0.2) is 17.2 Å². The van der Waals surface area contributed by atoms with Crippen molar-refractivity contribution in [3.05, 3.63) is 0 Å². The average molecular weight is 129 g/mol. The molecule has 0 saturated heterocycles. The van der Waals surface area contributed by atoms with E-state index in [1.165, 1.54) is 0 Å². The Kier molecular flexibility index (Phi) is 4.78. The average Bonchev–Trinajstić information content (AvgIpc) is 1.85. The van der Waals surface area contributed by atoms with Crippen molar-refractivity contribution in [3.8, 4) is 0 Å². The molecule has 3 heteroatoms. The van der Waals surface area contributed by atoms with Gasteiger partial charge >= 0.3 is 0 Å². The van der Waals surface area contributed by atoms with E-state index in [-0.39, 0.29) is 5.78 Å². The molecule has 0 rings (SSSR count). The minimum Gasteiger partial charge on any atom is -0.411 e. The first kappa shape index (κ1) is 8.14. The third-order valence-corrected chi connectivity index (χ3v) is 0.978. The molecule has 0 aromatic heterocycles. The molecule has 0 saturated carbocycles. The maximum atomic E-state index is 10.5. The Balaban J connectivity index is 3.27. The van der Waals surface area contributed by atoms with Gasteiger partial charge in [-0.15, -0.1) is 0 Å². The van der Waals surface area contributed by atoms with Crippen LogP contribution in [0.4, 0.5) is 0 Å². The quantitative estimate of drug-likeness (QED) is 0.352. The summed E-state index contributed by atoms with van der Waals surface area (Å²) in [6.07, 6.45) is 3.28. The second-order valence-corrected chi connectivity index (χ2v) is 1.81. The lowest BCUT2D eigenvalue weighted by Gasteiger charge is -1.87. The van der Waals surface area contributed by atoms with Crippen LogP contribution >= 0.6 is 0 Å². The molecule has 0 unspecified atom stereocenters. The van der Waals surface area contributed by atoms with Gasteiger partial charge in [0.1, 0.15) is 6.21 Å². The Morgan fingerprint density at radius 1 is 1.78 bits per heavy atom. The molecule has 0 aliphatic rings. The highest BCUT2D eigenvalue weighted by Crippen LogP contribution is 1.92. The van der Waals surface area contributed by atoms with E-state index in [4.69, 9.17) is 5.21 Å². The molecular weight excluding hydrogens is 118 g/mol. The summed E-state index contributed by atoms with van der Waals surface area (Å²) in [4.78, 5) is 10.5. The third-order valence-electron chi connectivity index (χ3n) is 0.978. The Morgan fingerprint density at radius 2 is 2.44 bits per heavy atom. The number of rotatable bonds is 4. The van der Waals surface area contributed by atoms with Gasteiger partial charge in [0.05, 0.1) is 0 Å². The van der Waals surface area contributed by atoms with Crippen molar-refractivity contribution in [2.24, 2.45) is 5.16 Å². The molecule has 0 spiro atoms. The summed E-state index contributed by atoms with van der Waals surface area (Å²) in [5.74, 6) is -0.112. The first-order chi connectivity index (χ1) is 4.31. The van der Waals surface area contributed by atoms with Gasteiger partial charge in [-0.05, 0) is 6.42 Å². The van der Waals surface area contributed by atoms with Crippen LogP contribution in [0, 0.1) is 0 Å². The lowest BCUT2D eigenvalue weighted by molar-refractivity contribution is -0.112. The van der Waals surface area contributed by atoms with Crippen LogP contribution in [-0.2, 0) is 4.79 Å². The molecule has 0 heterocycles. The first-order valence-electron chi connectivity index (χ1n) is 3.01. The van der Waals surface area contributed by atoms with Crippen LogP contribution < -0.4 is 0 Å². The molecule has 52 valence electrons. The third kappa shape index (κ3) is 5.00. The fourth-order valence-electron chi connectivity index (χ4n) is 0.480. The van der Waals surface area contributed by atoms with Gasteiger partial charge in [-0.3, -0.25) is 4.79 Å². The van der Waals surface area contributed by atoms with Gasteiger partial charge < -0.3 is 5.21 Å². The Bertz CT molecular complexity index is 110. The SMILES string of the molecule is CCCCC(=O)C=NO. The van der Waals surface area contributed by atoms with Crippen molar-refractivity contribution in [1.82, 2.24) is 0 Å². The molecule has 1 N–H and O–H groups in total. The van der Waals surface area contributed by atoms with Crippen molar-refractivity contribution >= 4 is 12.0 Å². The highest BCUT2D eigenvalue weighted by molar-refractivity contribution is 6.27. The Labute approximate surface area is 54.4 Å². The molecule has 0 amide bonds. The van der Waals surface area contributed by atoms with Gasteiger partial charge in [0, 0.05) is 6.42 Å². The molecule has 0 aromatic carbocycles. The van der Waals surface area contributed by atoms with Gasteiger partial charge in [0.25, 0.3) is 0 Å². The summed E-state index contributed by atoms with van der Waals surface area (Å²) in [5, 5.41) is 10.5. The number of ketones is 1. The van der Waals surface area contributed by atoms with E-state index in [0.29, 0.717) is 6.42 Å². The van der Waals surface area contributed by atoms with Gasteiger partial charge in [0.15, 0.2) is 5.78 Å². The van der Waals surface area contributed by atoms with Crippen LogP contribution in [0.5, 0.6) is 0 Å². The number of hydrogen-bond donors (Lipinski definition) is 1. The van der Waals surface area contributed by atoms with Gasteiger partial charge in [0.2, 0.25) is 0 Å². The second kappa shape index (κ2) is 5.28. The van der Waals surface area contributed by atoms with E-state index >= 15 is 0 Å². The second-order valence-electron chi connectivity index (χ2n) is 1.81. The van der Waals surface area contributed by atoms with E-state index in [1.54, 1.807) is 0 Å². The van der Waals surface area contributed by atoms with E-state index < -0.39 is 0 Å². The van der Waals surface area contributed by atoms with Gasteiger partial charge in [-0.1, -0.05) is 18.5 Å².